The lowest BCUT2D eigenvalue weighted by molar-refractivity contribution is -0.147. The van der Waals surface area contributed by atoms with Crippen LogP contribution in [0, 0.1) is 6.92 Å². The molecule has 220 valence electrons. The Labute approximate surface area is 241 Å². The van der Waals surface area contributed by atoms with E-state index in [0.717, 1.165) is 0 Å². The minimum Gasteiger partial charge on any atom is -0.507 e. The SMILES string of the molecule is C/C=C(\C)C(=O)OC[C@H]1C2=C(C=C3[C@H]4c5c(O)c(OC)c(C)c(O)c5C(=O)[C@@H](C(=O)N31)N4C)C(=O)C(C)=C(OC)C2=O. The van der Waals surface area contributed by atoms with Crippen molar-refractivity contribution in [3.63, 3.8) is 0 Å². The average Bonchev–Trinajstić information content (AvgIpc) is 2.96. The van der Waals surface area contributed by atoms with Gasteiger partial charge in [-0.1, -0.05) is 6.08 Å². The molecule has 0 saturated carbocycles. The molecule has 0 radical (unpaired) electrons. The Bertz CT molecular complexity index is 1640. The molecule has 1 fully saturated rings. The smallest absolute Gasteiger partial charge is 0.333 e. The lowest BCUT2D eigenvalue weighted by Gasteiger charge is -2.52. The van der Waals surface area contributed by atoms with E-state index in [1.165, 1.54) is 64.0 Å². The molecular formula is C30H30N2O10. The zero-order valence-electron chi connectivity index (χ0n) is 24.1. The Morgan fingerprint density at radius 3 is 2.29 bits per heavy atom. The molecule has 3 heterocycles. The summed E-state index contributed by atoms with van der Waals surface area (Å²) in [5.41, 5.74) is 0.186. The van der Waals surface area contributed by atoms with Crippen molar-refractivity contribution in [1.29, 1.82) is 0 Å². The molecule has 3 atom stereocenters. The molecule has 0 aromatic heterocycles. The van der Waals surface area contributed by atoms with Crippen LogP contribution in [0.4, 0.5) is 0 Å². The van der Waals surface area contributed by atoms with Gasteiger partial charge >= 0.3 is 5.97 Å². The highest BCUT2D eigenvalue weighted by molar-refractivity contribution is 6.27. The number of phenolic OH excluding ortho intramolecular Hbond substituents is 2. The Morgan fingerprint density at radius 2 is 1.69 bits per heavy atom. The quantitative estimate of drug-likeness (QED) is 0.173. The van der Waals surface area contributed by atoms with Gasteiger partial charge in [0.1, 0.15) is 18.4 Å². The topological polar surface area (TPSA) is 160 Å². The van der Waals surface area contributed by atoms with E-state index in [0.29, 0.717) is 0 Å². The van der Waals surface area contributed by atoms with Gasteiger partial charge < -0.3 is 29.3 Å². The Balaban J connectivity index is 1.79. The van der Waals surface area contributed by atoms with Crippen molar-refractivity contribution in [3.05, 3.63) is 62.6 Å². The second kappa shape index (κ2) is 9.98. The van der Waals surface area contributed by atoms with Crippen LogP contribution in [0.15, 0.2) is 45.9 Å². The largest absolute Gasteiger partial charge is 0.507 e. The van der Waals surface area contributed by atoms with Crippen molar-refractivity contribution in [3.8, 4) is 17.2 Å². The fourth-order valence-electron chi connectivity index (χ4n) is 6.18. The van der Waals surface area contributed by atoms with E-state index in [-0.39, 0.29) is 56.2 Å². The Kier molecular flexibility index (Phi) is 6.85. The van der Waals surface area contributed by atoms with Crippen LogP contribution in [0.5, 0.6) is 17.2 Å². The van der Waals surface area contributed by atoms with Crippen molar-refractivity contribution in [1.82, 2.24) is 9.80 Å². The van der Waals surface area contributed by atoms with Crippen LogP contribution in [-0.2, 0) is 28.7 Å². The van der Waals surface area contributed by atoms with Crippen molar-refractivity contribution >= 4 is 29.2 Å². The van der Waals surface area contributed by atoms with E-state index in [4.69, 9.17) is 14.2 Å². The highest BCUT2D eigenvalue weighted by Gasteiger charge is 2.58. The summed E-state index contributed by atoms with van der Waals surface area (Å²) in [4.78, 5) is 70.5. The van der Waals surface area contributed by atoms with E-state index >= 15 is 0 Å². The number of carbonyl (C=O) groups excluding carboxylic acids is 5. The monoisotopic (exact) mass is 578 g/mol. The maximum atomic E-state index is 14.2. The molecule has 2 bridgehead atoms. The van der Waals surface area contributed by atoms with E-state index in [9.17, 15) is 34.2 Å². The lowest BCUT2D eigenvalue weighted by atomic mass is 9.75. The number of likely N-dealkylation sites (N-methyl/N-ethyl adjacent to an activating group) is 1. The van der Waals surface area contributed by atoms with Crippen LogP contribution in [0.3, 0.4) is 0 Å². The first-order valence-corrected chi connectivity index (χ1v) is 13.1. The van der Waals surface area contributed by atoms with Crippen LogP contribution in [0.1, 0.15) is 48.3 Å². The summed E-state index contributed by atoms with van der Waals surface area (Å²) in [5, 5.41) is 22.4. The third-order valence-corrected chi connectivity index (χ3v) is 8.42. The molecule has 5 rings (SSSR count). The summed E-state index contributed by atoms with van der Waals surface area (Å²) in [7, 11) is 4.05. The molecule has 42 heavy (non-hydrogen) atoms. The lowest BCUT2D eigenvalue weighted by Crippen LogP contribution is -2.65. The van der Waals surface area contributed by atoms with E-state index in [2.05, 4.69) is 0 Å². The second-order valence-electron chi connectivity index (χ2n) is 10.5. The number of carbonyl (C=O) groups is 5. The maximum Gasteiger partial charge on any atom is 0.333 e. The van der Waals surface area contributed by atoms with Gasteiger partial charge in [-0.2, -0.15) is 0 Å². The first-order chi connectivity index (χ1) is 19.8. The van der Waals surface area contributed by atoms with Gasteiger partial charge in [-0.25, -0.2) is 4.79 Å². The van der Waals surface area contributed by atoms with Crippen LogP contribution in [0.2, 0.25) is 0 Å². The zero-order chi connectivity index (χ0) is 30.9. The minimum absolute atomic E-state index is 0.0218. The number of methoxy groups -OCH3 is 2. The van der Waals surface area contributed by atoms with Crippen LogP contribution in [-0.4, -0.2) is 89.2 Å². The fraction of sp³-hybridized carbons (Fsp3) is 0.367. The summed E-state index contributed by atoms with van der Waals surface area (Å²) in [5.74, 6) is -4.56. The summed E-state index contributed by atoms with van der Waals surface area (Å²) in [6, 6.07) is -3.79. The first kappa shape index (κ1) is 28.8. The third kappa shape index (κ3) is 3.67. The summed E-state index contributed by atoms with van der Waals surface area (Å²) >= 11 is 0. The van der Waals surface area contributed by atoms with Gasteiger partial charge in [0, 0.05) is 39.1 Å². The molecular weight excluding hydrogens is 548 g/mol. The van der Waals surface area contributed by atoms with Gasteiger partial charge in [0.25, 0.3) is 5.91 Å². The molecule has 2 N–H and O–H groups in total. The molecule has 12 heteroatoms. The van der Waals surface area contributed by atoms with Crippen molar-refractivity contribution in [2.45, 2.75) is 45.8 Å². The van der Waals surface area contributed by atoms with Gasteiger partial charge in [-0.3, -0.25) is 24.1 Å². The van der Waals surface area contributed by atoms with Gasteiger partial charge in [-0.05, 0) is 40.8 Å². The Hall–Kier alpha value is -4.71. The number of amides is 1. The molecule has 0 spiro atoms. The summed E-state index contributed by atoms with van der Waals surface area (Å²) < 4.78 is 16.1. The van der Waals surface area contributed by atoms with Crippen LogP contribution in [0.25, 0.3) is 0 Å². The summed E-state index contributed by atoms with van der Waals surface area (Å²) in [6.45, 7) is 5.58. The molecule has 1 saturated heterocycles. The standard InChI is InChI=1S/C30H30N2O10/c1-8-11(2)30(39)42-10-16-17-14(22(33)12(3)27(40-6)25(17)36)9-15-20-18-19(23(34)13(4)28(41-7)26(18)37)24(35)21(31(20)5)29(38)32(15)16/h8-9,16,20-21,34,37H,10H2,1-7H3/b11-8+/t16-,20-,21-/m0/s1. The normalized spacial score (nSPS) is 23.9. The van der Waals surface area contributed by atoms with Crippen LogP contribution < -0.4 is 4.74 Å². The average molecular weight is 579 g/mol. The second-order valence-corrected chi connectivity index (χ2v) is 10.5. The summed E-state index contributed by atoms with van der Waals surface area (Å²) in [6.07, 6.45) is 2.91. The predicted octanol–water partition coefficient (Wildman–Crippen LogP) is 1.94. The Morgan fingerprint density at radius 1 is 1.02 bits per heavy atom. The van der Waals surface area contributed by atoms with Crippen molar-refractivity contribution < 1.29 is 48.4 Å². The van der Waals surface area contributed by atoms with Crippen LogP contribution >= 0.6 is 0 Å². The third-order valence-electron chi connectivity index (χ3n) is 8.42. The number of hydrogen-bond acceptors (Lipinski definition) is 11. The number of benzene rings is 1. The van der Waals surface area contributed by atoms with E-state index < -0.39 is 65.5 Å². The number of Topliss-reactive ketones (excluding diaryl/α,β-unsaturated/α-hetero) is 3. The molecule has 3 aliphatic heterocycles. The number of ether oxygens (including phenoxy) is 3. The number of allylic oxidation sites excluding steroid dienone is 5. The molecule has 4 aliphatic rings. The van der Waals surface area contributed by atoms with E-state index in [1.54, 1.807) is 6.92 Å². The highest BCUT2D eigenvalue weighted by Crippen LogP contribution is 2.55. The zero-order valence-corrected chi connectivity index (χ0v) is 24.1. The maximum absolute atomic E-state index is 14.2. The van der Waals surface area contributed by atoms with Crippen molar-refractivity contribution in [2.24, 2.45) is 0 Å². The molecule has 1 aliphatic carbocycles. The molecule has 1 aromatic rings. The highest BCUT2D eigenvalue weighted by atomic mass is 16.5. The van der Waals surface area contributed by atoms with E-state index in [1.807, 2.05) is 0 Å². The van der Waals surface area contributed by atoms with Gasteiger partial charge in [0.15, 0.2) is 34.9 Å². The van der Waals surface area contributed by atoms with Gasteiger partial charge in [0.05, 0.1) is 25.8 Å². The number of fused-ring (bicyclic) bond motifs is 6. The number of piperazine rings is 1. The molecule has 0 unspecified atom stereocenters. The number of esters is 1. The van der Waals surface area contributed by atoms with Gasteiger partial charge in [-0.15, -0.1) is 0 Å². The number of ketones is 3. The molecule has 1 amide bonds. The number of phenols is 2. The molecule has 12 nitrogen and oxygen atoms in total. The fourth-order valence-corrected chi connectivity index (χ4v) is 6.18. The first-order valence-electron chi connectivity index (χ1n) is 13.1. The molecule has 1 aromatic carbocycles. The predicted molar refractivity (Wildman–Crippen MR) is 146 cm³/mol. The number of aromatic hydroxyl groups is 2. The number of rotatable bonds is 5. The van der Waals surface area contributed by atoms with Gasteiger partial charge in [0.2, 0.25) is 5.78 Å². The number of nitrogens with zero attached hydrogens (tertiary/aromatic N) is 2. The van der Waals surface area contributed by atoms with Crippen molar-refractivity contribution in [2.75, 3.05) is 27.9 Å². The minimum atomic E-state index is -1.45. The number of hydrogen-bond donors (Lipinski definition) is 2.